The molecule has 2 fully saturated rings. The van der Waals surface area contributed by atoms with Gasteiger partial charge in [-0.05, 0) is 26.2 Å². The predicted octanol–water partition coefficient (Wildman–Crippen LogP) is 1.68. The lowest BCUT2D eigenvalue weighted by molar-refractivity contribution is -0.138. The van der Waals surface area contributed by atoms with Crippen LogP contribution in [0.15, 0.2) is 6.07 Å². The molecule has 0 aliphatic carbocycles. The van der Waals surface area contributed by atoms with E-state index in [1.165, 1.54) is 0 Å². The number of nitrogens with zero attached hydrogens (tertiary/aromatic N) is 4. The average Bonchev–Trinajstić information content (AvgIpc) is 2.62. The van der Waals surface area contributed by atoms with Gasteiger partial charge in [-0.25, -0.2) is 4.98 Å². The van der Waals surface area contributed by atoms with Crippen molar-refractivity contribution in [2.24, 2.45) is 5.41 Å². The minimum Gasteiger partial charge on any atom is -0.383 e. The van der Waals surface area contributed by atoms with E-state index in [0.717, 1.165) is 56.4 Å². The van der Waals surface area contributed by atoms with E-state index in [0.29, 0.717) is 19.6 Å². The van der Waals surface area contributed by atoms with Crippen LogP contribution in [-0.4, -0.2) is 67.7 Å². The Morgan fingerprint density at radius 1 is 1.32 bits per heavy atom. The molecule has 0 bridgehead atoms. The zero-order valence-electron chi connectivity index (χ0n) is 15.5. The van der Waals surface area contributed by atoms with E-state index in [1.54, 1.807) is 7.11 Å². The van der Waals surface area contributed by atoms with Gasteiger partial charge in [0.1, 0.15) is 5.82 Å². The number of amides is 1. The molecule has 3 heterocycles. The second-order valence-corrected chi connectivity index (χ2v) is 7.28. The number of nitrogens with one attached hydrogen (secondary N) is 1. The molecule has 7 nitrogen and oxygen atoms in total. The number of rotatable bonds is 5. The average molecular weight is 347 g/mol. The minimum absolute atomic E-state index is 0.146. The normalized spacial score (nSPS) is 24.0. The molecular formula is C18H29N5O2. The first kappa shape index (κ1) is 17.9. The minimum atomic E-state index is 0.146. The number of aryl methyl sites for hydroxylation is 1. The van der Waals surface area contributed by atoms with Gasteiger partial charge in [-0.3, -0.25) is 4.79 Å². The first-order valence-electron chi connectivity index (χ1n) is 9.10. The highest BCUT2D eigenvalue weighted by atomic mass is 16.5. The van der Waals surface area contributed by atoms with E-state index in [4.69, 9.17) is 4.74 Å². The molecule has 0 radical (unpaired) electrons. The van der Waals surface area contributed by atoms with Crippen molar-refractivity contribution in [1.82, 2.24) is 14.9 Å². The van der Waals surface area contributed by atoms with Gasteiger partial charge in [0, 0.05) is 63.9 Å². The van der Waals surface area contributed by atoms with E-state index in [-0.39, 0.29) is 11.3 Å². The number of methoxy groups -OCH3 is 1. The molecule has 2 aliphatic heterocycles. The van der Waals surface area contributed by atoms with Gasteiger partial charge in [-0.2, -0.15) is 4.98 Å². The van der Waals surface area contributed by atoms with Crippen LogP contribution in [0.1, 0.15) is 31.4 Å². The number of likely N-dealkylation sites (tertiary alicyclic amines) is 1. The zero-order valence-corrected chi connectivity index (χ0v) is 15.5. The Morgan fingerprint density at radius 2 is 2.16 bits per heavy atom. The van der Waals surface area contributed by atoms with Gasteiger partial charge >= 0.3 is 0 Å². The van der Waals surface area contributed by atoms with Gasteiger partial charge in [0.2, 0.25) is 11.9 Å². The number of hydrogen-bond donors (Lipinski definition) is 1. The standard InChI is InChI=1S/C18H29N5O2/c1-14-11-15(19-2)21-17(20-14)23-8-4-6-18(13-23)7-5-16(24)22(12-18)9-10-25-3/h11H,4-10,12-13H2,1-3H3,(H,19,20,21)/t18-/m1/s1. The molecule has 3 rings (SSSR count). The van der Waals surface area contributed by atoms with Crippen LogP contribution in [0, 0.1) is 12.3 Å². The van der Waals surface area contributed by atoms with Crippen molar-refractivity contribution in [3.8, 4) is 0 Å². The number of aromatic nitrogens is 2. The van der Waals surface area contributed by atoms with Gasteiger partial charge in [0.05, 0.1) is 6.61 Å². The Labute approximate surface area is 149 Å². The maximum Gasteiger partial charge on any atom is 0.227 e. The van der Waals surface area contributed by atoms with Crippen LogP contribution in [0.2, 0.25) is 0 Å². The number of anilines is 2. The second-order valence-electron chi connectivity index (χ2n) is 7.28. The third kappa shape index (κ3) is 4.03. The summed E-state index contributed by atoms with van der Waals surface area (Å²) >= 11 is 0. The highest BCUT2D eigenvalue weighted by Crippen LogP contribution is 2.39. The largest absolute Gasteiger partial charge is 0.383 e. The summed E-state index contributed by atoms with van der Waals surface area (Å²) in [6.07, 6.45) is 3.86. The Bertz CT molecular complexity index is 623. The number of carbonyl (C=O) groups is 1. The molecule has 1 N–H and O–H groups in total. The van der Waals surface area contributed by atoms with E-state index in [1.807, 2.05) is 24.9 Å². The van der Waals surface area contributed by atoms with Crippen LogP contribution in [0.25, 0.3) is 0 Å². The fourth-order valence-corrected chi connectivity index (χ4v) is 4.04. The summed E-state index contributed by atoms with van der Waals surface area (Å²) in [6.45, 7) is 5.98. The topological polar surface area (TPSA) is 70.6 Å². The predicted molar refractivity (Wildman–Crippen MR) is 97.9 cm³/mol. The van der Waals surface area contributed by atoms with Gasteiger partial charge in [0.25, 0.3) is 0 Å². The first-order valence-corrected chi connectivity index (χ1v) is 9.10. The summed E-state index contributed by atoms with van der Waals surface area (Å²) < 4.78 is 5.17. The smallest absolute Gasteiger partial charge is 0.227 e. The number of hydrogen-bond acceptors (Lipinski definition) is 6. The highest BCUT2D eigenvalue weighted by Gasteiger charge is 2.42. The van der Waals surface area contributed by atoms with Crippen LogP contribution < -0.4 is 10.2 Å². The lowest BCUT2D eigenvalue weighted by Gasteiger charge is -2.48. The van der Waals surface area contributed by atoms with Crippen molar-refractivity contribution < 1.29 is 9.53 Å². The van der Waals surface area contributed by atoms with Crippen LogP contribution in [-0.2, 0) is 9.53 Å². The molecule has 1 aromatic heterocycles. The third-order valence-electron chi connectivity index (χ3n) is 5.36. The van der Waals surface area contributed by atoms with E-state index in [9.17, 15) is 4.79 Å². The van der Waals surface area contributed by atoms with Gasteiger partial charge in [0.15, 0.2) is 0 Å². The highest BCUT2D eigenvalue weighted by molar-refractivity contribution is 5.77. The Hall–Kier alpha value is -1.89. The molecule has 2 saturated heterocycles. The first-order chi connectivity index (χ1) is 12.0. The molecular weight excluding hydrogens is 318 g/mol. The number of ether oxygens (including phenoxy) is 1. The quantitative estimate of drug-likeness (QED) is 0.874. The van der Waals surface area contributed by atoms with Gasteiger partial charge in [-0.1, -0.05) is 0 Å². The van der Waals surface area contributed by atoms with Crippen molar-refractivity contribution in [3.63, 3.8) is 0 Å². The Balaban J connectivity index is 1.76. The van der Waals surface area contributed by atoms with Crippen LogP contribution in [0.3, 0.4) is 0 Å². The monoisotopic (exact) mass is 347 g/mol. The molecule has 0 saturated carbocycles. The van der Waals surface area contributed by atoms with E-state index >= 15 is 0 Å². The maximum atomic E-state index is 12.2. The van der Waals surface area contributed by atoms with Crippen molar-refractivity contribution >= 4 is 17.7 Å². The number of carbonyl (C=O) groups excluding carboxylic acids is 1. The fraction of sp³-hybridized carbons (Fsp3) is 0.722. The van der Waals surface area contributed by atoms with Crippen molar-refractivity contribution in [2.75, 3.05) is 57.2 Å². The van der Waals surface area contributed by atoms with Gasteiger partial charge < -0.3 is 19.9 Å². The van der Waals surface area contributed by atoms with Crippen molar-refractivity contribution in [3.05, 3.63) is 11.8 Å². The van der Waals surface area contributed by atoms with Crippen molar-refractivity contribution in [2.45, 2.75) is 32.6 Å². The molecule has 1 atom stereocenters. The van der Waals surface area contributed by atoms with E-state index in [2.05, 4.69) is 20.2 Å². The summed E-state index contributed by atoms with van der Waals surface area (Å²) in [5.41, 5.74) is 1.11. The Kier molecular flexibility index (Phi) is 5.42. The molecule has 138 valence electrons. The molecule has 1 spiro atoms. The van der Waals surface area contributed by atoms with Gasteiger partial charge in [-0.15, -0.1) is 0 Å². The number of piperidine rings is 2. The SMILES string of the molecule is CNc1cc(C)nc(N2CCC[C@]3(CCC(=O)N(CCOC)C3)C2)n1. The summed E-state index contributed by atoms with van der Waals surface area (Å²) in [5.74, 6) is 1.90. The van der Waals surface area contributed by atoms with E-state index < -0.39 is 0 Å². The zero-order chi connectivity index (χ0) is 17.9. The summed E-state index contributed by atoms with van der Waals surface area (Å²) in [6, 6.07) is 1.95. The molecule has 25 heavy (non-hydrogen) atoms. The summed E-state index contributed by atoms with van der Waals surface area (Å²) in [4.78, 5) is 25.8. The fourth-order valence-electron chi connectivity index (χ4n) is 4.04. The summed E-state index contributed by atoms with van der Waals surface area (Å²) in [7, 11) is 3.56. The maximum absolute atomic E-state index is 12.2. The second kappa shape index (κ2) is 7.56. The molecule has 7 heteroatoms. The van der Waals surface area contributed by atoms with Crippen LogP contribution in [0.5, 0.6) is 0 Å². The molecule has 0 unspecified atom stereocenters. The molecule has 1 aromatic rings. The van der Waals surface area contributed by atoms with Crippen molar-refractivity contribution in [1.29, 1.82) is 0 Å². The Morgan fingerprint density at radius 3 is 2.92 bits per heavy atom. The molecule has 1 amide bonds. The van der Waals surface area contributed by atoms with Crippen LogP contribution in [0.4, 0.5) is 11.8 Å². The third-order valence-corrected chi connectivity index (χ3v) is 5.36. The van der Waals surface area contributed by atoms with Crippen LogP contribution >= 0.6 is 0 Å². The lowest BCUT2D eigenvalue weighted by Crippen LogP contribution is -2.55. The summed E-state index contributed by atoms with van der Waals surface area (Å²) in [5, 5.41) is 3.11. The molecule has 0 aromatic carbocycles. The molecule has 2 aliphatic rings. The lowest BCUT2D eigenvalue weighted by atomic mass is 9.73.